The van der Waals surface area contributed by atoms with E-state index >= 15 is 0 Å². The van der Waals surface area contributed by atoms with Crippen LogP contribution < -0.4 is 5.73 Å². The van der Waals surface area contributed by atoms with Crippen LogP contribution in [-0.2, 0) is 14.8 Å². The number of carbonyl (C=O) groups is 1. The van der Waals surface area contributed by atoms with Gasteiger partial charge < -0.3 is 10.6 Å². The maximum Gasteiger partial charge on any atom is 0.246 e. The van der Waals surface area contributed by atoms with Crippen molar-refractivity contribution in [3.63, 3.8) is 0 Å². The van der Waals surface area contributed by atoms with Gasteiger partial charge in [0, 0.05) is 26.7 Å². The Hall–Kier alpha value is -1.16. The summed E-state index contributed by atoms with van der Waals surface area (Å²) in [6, 6.07) is 0. The van der Waals surface area contributed by atoms with Gasteiger partial charge in [-0.15, -0.1) is 12.4 Å². The van der Waals surface area contributed by atoms with E-state index < -0.39 is 10.0 Å². The van der Waals surface area contributed by atoms with Crippen LogP contribution >= 0.6 is 12.4 Å². The van der Waals surface area contributed by atoms with Crippen LogP contribution in [0.15, 0.2) is 4.90 Å². The molecule has 2 rings (SSSR count). The molecule has 1 aromatic heterocycles. The number of aromatic amines is 1. The van der Waals surface area contributed by atoms with E-state index in [2.05, 4.69) is 10.2 Å². The highest BCUT2D eigenvalue weighted by molar-refractivity contribution is 7.89. The number of nitrogens with two attached hydrogens (primary N) is 1. The molecule has 1 aromatic rings. The maximum atomic E-state index is 13.0. The third-order valence-electron chi connectivity index (χ3n) is 4.99. The molecule has 0 saturated carbocycles. The van der Waals surface area contributed by atoms with Crippen molar-refractivity contribution in [2.75, 3.05) is 33.2 Å². The number of sulfonamides is 1. The second kappa shape index (κ2) is 8.89. The Balaban J connectivity index is 0.00000364. The standard InChI is InChI=1S/C17H31N5O3S.ClH/c1-12-15(13(2)20-19-12)26(24,25)22-8-6-7-14(9-22)16(23)21(5)11-17(3,4)10-18;/h14H,6-11,18H2,1-5H3,(H,19,20);1H. The molecule has 0 radical (unpaired) electrons. The Morgan fingerprint density at radius 2 is 2.04 bits per heavy atom. The molecule has 1 unspecified atom stereocenters. The minimum absolute atomic E-state index is 0. The highest BCUT2D eigenvalue weighted by Crippen LogP contribution is 2.28. The molecule has 0 spiro atoms. The number of nitrogens with one attached hydrogen (secondary N) is 1. The van der Waals surface area contributed by atoms with Crippen LogP contribution in [0.5, 0.6) is 0 Å². The third-order valence-corrected chi connectivity index (χ3v) is 7.11. The van der Waals surface area contributed by atoms with E-state index in [1.54, 1.807) is 25.8 Å². The van der Waals surface area contributed by atoms with Crippen molar-refractivity contribution in [1.82, 2.24) is 19.4 Å². The van der Waals surface area contributed by atoms with Gasteiger partial charge in [-0.1, -0.05) is 13.8 Å². The van der Waals surface area contributed by atoms with Crippen molar-refractivity contribution >= 4 is 28.3 Å². The quantitative estimate of drug-likeness (QED) is 0.718. The average Bonchev–Trinajstić information content (AvgIpc) is 2.93. The molecule has 1 amide bonds. The van der Waals surface area contributed by atoms with Crippen molar-refractivity contribution in [2.45, 2.75) is 45.4 Å². The molecule has 1 saturated heterocycles. The first kappa shape index (κ1) is 23.9. The summed E-state index contributed by atoms with van der Waals surface area (Å²) >= 11 is 0. The first-order chi connectivity index (χ1) is 12.0. The first-order valence-corrected chi connectivity index (χ1v) is 10.4. The molecule has 0 aromatic carbocycles. The average molecular weight is 422 g/mol. The van der Waals surface area contributed by atoms with E-state index in [0.29, 0.717) is 43.9 Å². The molecule has 10 heteroatoms. The van der Waals surface area contributed by atoms with Gasteiger partial charge in [0.25, 0.3) is 0 Å². The second-order valence-corrected chi connectivity index (χ2v) is 9.90. The summed E-state index contributed by atoms with van der Waals surface area (Å²) in [5.41, 5.74) is 6.57. The zero-order valence-electron chi connectivity index (χ0n) is 16.8. The van der Waals surface area contributed by atoms with Crippen LogP contribution in [0.25, 0.3) is 0 Å². The molecule has 1 aliphatic heterocycles. The molecule has 8 nitrogen and oxygen atoms in total. The lowest BCUT2D eigenvalue weighted by molar-refractivity contribution is -0.136. The largest absolute Gasteiger partial charge is 0.345 e. The van der Waals surface area contributed by atoms with Gasteiger partial charge in [-0.2, -0.15) is 9.40 Å². The zero-order chi connectivity index (χ0) is 19.7. The molecular formula is C17H32ClN5O3S. The van der Waals surface area contributed by atoms with Gasteiger partial charge in [0.15, 0.2) is 0 Å². The second-order valence-electron chi connectivity index (χ2n) is 8.03. The predicted octanol–water partition coefficient (Wildman–Crippen LogP) is 1.29. The summed E-state index contributed by atoms with van der Waals surface area (Å²) in [4.78, 5) is 14.7. The van der Waals surface area contributed by atoms with Crippen LogP contribution in [0, 0.1) is 25.2 Å². The van der Waals surface area contributed by atoms with Crippen molar-refractivity contribution in [1.29, 1.82) is 0 Å². The smallest absolute Gasteiger partial charge is 0.246 e. The number of aryl methyl sites for hydroxylation is 2. The van der Waals surface area contributed by atoms with Crippen LogP contribution in [0.4, 0.5) is 0 Å². The van der Waals surface area contributed by atoms with E-state index in [4.69, 9.17) is 5.73 Å². The van der Waals surface area contributed by atoms with E-state index in [9.17, 15) is 13.2 Å². The molecule has 156 valence electrons. The Labute approximate surface area is 168 Å². The lowest BCUT2D eigenvalue weighted by Crippen LogP contribution is -2.48. The molecule has 2 heterocycles. The number of halogens is 1. The van der Waals surface area contributed by atoms with Gasteiger partial charge >= 0.3 is 0 Å². The monoisotopic (exact) mass is 421 g/mol. The van der Waals surface area contributed by atoms with Gasteiger partial charge in [-0.25, -0.2) is 8.42 Å². The summed E-state index contributed by atoms with van der Waals surface area (Å²) in [7, 11) is -1.90. The summed E-state index contributed by atoms with van der Waals surface area (Å²) in [5.74, 6) is -0.350. The fourth-order valence-electron chi connectivity index (χ4n) is 3.51. The number of carbonyl (C=O) groups excluding carboxylic acids is 1. The summed E-state index contributed by atoms with van der Waals surface area (Å²) in [6.45, 7) is 9.05. The molecule has 1 aliphatic rings. The number of hydrogen-bond donors (Lipinski definition) is 2. The van der Waals surface area contributed by atoms with Gasteiger partial charge in [0.1, 0.15) is 4.90 Å². The van der Waals surface area contributed by atoms with Crippen LogP contribution in [0.1, 0.15) is 38.1 Å². The highest BCUT2D eigenvalue weighted by atomic mass is 35.5. The predicted molar refractivity (Wildman–Crippen MR) is 107 cm³/mol. The highest BCUT2D eigenvalue weighted by Gasteiger charge is 2.37. The van der Waals surface area contributed by atoms with Gasteiger partial charge in [0.05, 0.1) is 17.3 Å². The molecule has 27 heavy (non-hydrogen) atoms. The number of piperidine rings is 1. The summed E-state index contributed by atoms with van der Waals surface area (Å²) in [6.07, 6.45) is 1.36. The van der Waals surface area contributed by atoms with Crippen LogP contribution in [0.3, 0.4) is 0 Å². The minimum Gasteiger partial charge on any atom is -0.345 e. The molecule has 0 bridgehead atoms. The Bertz CT molecular complexity index is 743. The molecule has 0 aliphatic carbocycles. The van der Waals surface area contributed by atoms with Crippen molar-refractivity contribution in [3.05, 3.63) is 11.4 Å². The van der Waals surface area contributed by atoms with Crippen LogP contribution in [-0.4, -0.2) is 67.0 Å². The minimum atomic E-state index is -3.66. The zero-order valence-corrected chi connectivity index (χ0v) is 18.4. The summed E-state index contributed by atoms with van der Waals surface area (Å²) < 4.78 is 27.5. The topological polar surface area (TPSA) is 112 Å². The van der Waals surface area contributed by atoms with Crippen molar-refractivity contribution in [2.24, 2.45) is 17.1 Å². The first-order valence-electron chi connectivity index (χ1n) is 8.96. The van der Waals surface area contributed by atoms with E-state index in [1.807, 2.05) is 13.8 Å². The van der Waals surface area contributed by atoms with E-state index in [1.165, 1.54) is 4.31 Å². The van der Waals surface area contributed by atoms with Crippen molar-refractivity contribution < 1.29 is 13.2 Å². The number of amides is 1. The van der Waals surface area contributed by atoms with E-state index in [-0.39, 0.29) is 41.1 Å². The fraction of sp³-hybridized carbons (Fsp3) is 0.765. The fourth-order valence-corrected chi connectivity index (χ4v) is 5.36. The number of aromatic nitrogens is 2. The van der Waals surface area contributed by atoms with Crippen LogP contribution in [0.2, 0.25) is 0 Å². The van der Waals surface area contributed by atoms with Gasteiger partial charge in [-0.3, -0.25) is 9.89 Å². The van der Waals surface area contributed by atoms with Gasteiger partial charge in [-0.05, 0) is 38.6 Å². The van der Waals surface area contributed by atoms with E-state index in [0.717, 1.165) is 0 Å². The Morgan fingerprint density at radius 1 is 1.41 bits per heavy atom. The summed E-state index contributed by atoms with van der Waals surface area (Å²) in [5, 5.41) is 6.72. The lowest BCUT2D eigenvalue weighted by atomic mass is 9.92. The number of rotatable bonds is 6. The molecule has 1 atom stereocenters. The lowest BCUT2D eigenvalue weighted by Gasteiger charge is -2.35. The number of H-pyrrole nitrogens is 1. The Kier molecular flexibility index (Phi) is 7.87. The van der Waals surface area contributed by atoms with Crippen molar-refractivity contribution in [3.8, 4) is 0 Å². The molecule has 1 fully saturated rings. The SMILES string of the molecule is Cc1n[nH]c(C)c1S(=O)(=O)N1CCCC(C(=O)N(C)CC(C)(C)CN)C1.Cl. The Morgan fingerprint density at radius 3 is 2.56 bits per heavy atom. The molecular weight excluding hydrogens is 390 g/mol. The van der Waals surface area contributed by atoms with Gasteiger partial charge in [0.2, 0.25) is 15.9 Å². The number of nitrogens with zero attached hydrogens (tertiary/aromatic N) is 3. The maximum absolute atomic E-state index is 13.0. The molecule has 3 N–H and O–H groups in total. The third kappa shape index (κ3) is 5.22. The number of hydrogen-bond acceptors (Lipinski definition) is 5. The normalized spacial score (nSPS) is 18.8.